The van der Waals surface area contributed by atoms with Gasteiger partial charge in [0.25, 0.3) is 11.8 Å². The molecule has 2 amide bonds. The molecule has 0 saturated heterocycles. The summed E-state index contributed by atoms with van der Waals surface area (Å²) in [7, 11) is 1.68. The first-order valence-corrected chi connectivity index (χ1v) is 9.10. The minimum atomic E-state index is -0.710. The summed E-state index contributed by atoms with van der Waals surface area (Å²) >= 11 is 6.16. The zero-order valence-electron chi connectivity index (χ0n) is 16.1. The zero-order chi connectivity index (χ0) is 21.1. The predicted molar refractivity (Wildman–Crippen MR) is 106 cm³/mol. The Labute approximate surface area is 172 Å². The normalized spacial score (nSPS) is 10.6. The number of hydrogen-bond acceptors (Lipinski definition) is 5. The number of carbonyl (C=O) groups excluding carboxylic acids is 3. The Kier molecular flexibility index (Phi) is 5.84. The van der Waals surface area contributed by atoms with Crippen LogP contribution < -0.4 is 5.32 Å². The number of benzene rings is 1. The van der Waals surface area contributed by atoms with E-state index < -0.39 is 24.4 Å². The molecule has 1 aromatic carbocycles. The van der Waals surface area contributed by atoms with Gasteiger partial charge in [0.15, 0.2) is 6.61 Å². The number of carbonyl (C=O) groups is 3. The van der Waals surface area contributed by atoms with Crippen molar-refractivity contribution in [2.24, 2.45) is 7.05 Å². The fourth-order valence-corrected chi connectivity index (χ4v) is 2.87. The van der Waals surface area contributed by atoms with Gasteiger partial charge in [-0.15, -0.1) is 0 Å². The van der Waals surface area contributed by atoms with E-state index >= 15 is 0 Å². The minimum Gasteiger partial charge on any atom is -0.452 e. The maximum Gasteiger partial charge on any atom is 0.338 e. The molecule has 0 atom stereocenters. The van der Waals surface area contributed by atoms with Crippen molar-refractivity contribution < 1.29 is 19.1 Å². The highest BCUT2D eigenvalue weighted by atomic mass is 35.5. The molecule has 3 aromatic rings. The molecule has 2 heterocycles. The van der Waals surface area contributed by atoms with Crippen molar-refractivity contribution in [2.75, 3.05) is 6.61 Å². The van der Waals surface area contributed by atoms with Gasteiger partial charge in [-0.3, -0.25) is 14.9 Å². The average Bonchev–Trinajstić information content (AvgIpc) is 3.24. The summed E-state index contributed by atoms with van der Waals surface area (Å²) in [5, 5.41) is 7.11. The zero-order valence-corrected chi connectivity index (χ0v) is 16.9. The van der Waals surface area contributed by atoms with Crippen molar-refractivity contribution in [3.63, 3.8) is 0 Å². The molecule has 8 nitrogen and oxygen atoms in total. The van der Waals surface area contributed by atoms with Crippen LogP contribution >= 0.6 is 11.6 Å². The van der Waals surface area contributed by atoms with E-state index in [0.717, 1.165) is 11.4 Å². The summed E-state index contributed by atoms with van der Waals surface area (Å²) in [5.74, 6) is -1.95. The second-order valence-electron chi connectivity index (χ2n) is 6.40. The minimum absolute atomic E-state index is 0.267. The van der Waals surface area contributed by atoms with Gasteiger partial charge in [-0.2, -0.15) is 5.10 Å². The second-order valence-corrected chi connectivity index (χ2v) is 6.78. The highest BCUT2D eigenvalue weighted by Gasteiger charge is 2.16. The lowest BCUT2D eigenvalue weighted by molar-refractivity contribution is -0.123. The first kappa shape index (κ1) is 20.3. The van der Waals surface area contributed by atoms with E-state index in [9.17, 15) is 14.4 Å². The number of esters is 1. The molecule has 0 bridgehead atoms. The lowest BCUT2D eigenvalue weighted by Gasteiger charge is -2.08. The molecule has 0 saturated carbocycles. The van der Waals surface area contributed by atoms with Crippen LogP contribution in [0.4, 0.5) is 0 Å². The summed E-state index contributed by atoms with van der Waals surface area (Å²) in [6.45, 7) is 3.09. The summed E-state index contributed by atoms with van der Waals surface area (Å²) in [6.07, 6.45) is 1.68. The third kappa shape index (κ3) is 4.38. The number of aryl methyl sites for hydroxylation is 2. The number of ether oxygens (including phenoxy) is 1. The smallest absolute Gasteiger partial charge is 0.338 e. The Hall–Kier alpha value is -3.39. The molecule has 1 N–H and O–H groups in total. The van der Waals surface area contributed by atoms with E-state index in [-0.39, 0.29) is 5.56 Å². The summed E-state index contributed by atoms with van der Waals surface area (Å²) in [6, 6.07) is 9.79. The van der Waals surface area contributed by atoms with Gasteiger partial charge < -0.3 is 9.30 Å². The molecule has 0 unspecified atom stereocenters. The van der Waals surface area contributed by atoms with Gasteiger partial charge in [-0.25, -0.2) is 9.48 Å². The van der Waals surface area contributed by atoms with Crippen molar-refractivity contribution >= 4 is 29.4 Å². The number of hydrogen-bond donors (Lipinski definition) is 1. The first-order chi connectivity index (χ1) is 13.8. The lowest BCUT2D eigenvalue weighted by Crippen LogP contribution is -2.35. The molecule has 2 aromatic heterocycles. The Morgan fingerprint density at radius 3 is 2.38 bits per heavy atom. The molecule has 0 radical (unpaired) electrons. The van der Waals surface area contributed by atoms with Crippen LogP contribution in [-0.4, -0.2) is 38.7 Å². The quantitative estimate of drug-likeness (QED) is 0.647. The van der Waals surface area contributed by atoms with E-state index in [1.807, 2.05) is 13.8 Å². The van der Waals surface area contributed by atoms with Crippen LogP contribution in [0.15, 0.2) is 42.6 Å². The lowest BCUT2D eigenvalue weighted by atomic mass is 10.2. The number of imide groups is 1. The molecule has 3 rings (SSSR count). The van der Waals surface area contributed by atoms with Crippen LogP contribution in [0.3, 0.4) is 0 Å². The van der Waals surface area contributed by atoms with Crippen molar-refractivity contribution in [2.45, 2.75) is 13.8 Å². The van der Waals surface area contributed by atoms with E-state index in [1.165, 1.54) is 0 Å². The van der Waals surface area contributed by atoms with Gasteiger partial charge >= 0.3 is 5.97 Å². The molecule has 150 valence electrons. The molecule has 29 heavy (non-hydrogen) atoms. The maximum absolute atomic E-state index is 12.2. The Bertz CT molecular complexity index is 1080. The number of nitrogens with zero attached hydrogens (tertiary/aromatic N) is 3. The highest BCUT2D eigenvalue weighted by molar-refractivity contribution is 6.31. The number of amides is 2. The van der Waals surface area contributed by atoms with Crippen molar-refractivity contribution in [3.8, 4) is 5.69 Å². The monoisotopic (exact) mass is 414 g/mol. The standard InChI is InChI=1S/C20H19ClN4O4/c1-12-18(21)13(2)25(23-12)15-8-6-14(7-9-15)20(28)29-11-17(26)22-19(27)16-5-4-10-24(16)3/h4-10H,11H2,1-3H3,(H,22,26,27). The molecule has 9 heteroatoms. The Balaban J connectivity index is 1.58. The van der Waals surface area contributed by atoms with Crippen LogP contribution in [0.5, 0.6) is 0 Å². The van der Waals surface area contributed by atoms with Gasteiger partial charge in [0.1, 0.15) is 5.69 Å². The molecular formula is C20H19ClN4O4. The molecule has 0 spiro atoms. The SMILES string of the molecule is Cc1nn(-c2ccc(C(=O)OCC(=O)NC(=O)c3cccn3C)cc2)c(C)c1Cl. The maximum atomic E-state index is 12.2. The molecule has 0 aliphatic rings. The summed E-state index contributed by atoms with van der Waals surface area (Å²) < 4.78 is 8.23. The van der Waals surface area contributed by atoms with Crippen molar-refractivity contribution in [1.29, 1.82) is 0 Å². The third-order valence-electron chi connectivity index (χ3n) is 4.31. The number of rotatable bonds is 5. The number of aromatic nitrogens is 3. The predicted octanol–water partition coefficient (Wildman–Crippen LogP) is 2.59. The molecule has 0 fully saturated rings. The Morgan fingerprint density at radius 1 is 1.14 bits per heavy atom. The van der Waals surface area contributed by atoms with Crippen LogP contribution in [0.1, 0.15) is 32.2 Å². The van der Waals surface area contributed by atoms with E-state index in [1.54, 1.807) is 58.9 Å². The van der Waals surface area contributed by atoms with E-state index in [4.69, 9.17) is 16.3 Å². The van der Waals surface area contributed by atoms with Crippen molar-refractivity contribution in [1.82, 2.24) is 19.7 Å². The largest absolute Gasteiger partial charge is 0.452 e. The van der Waals surface area contributed by atoms with Gasteiger partial charge in [0, 0.05) is 13.2 Å². The van der Waals surface area contributed by atoms with Crippen LogP contribution in [0.2, 0.25) is 5.02 Å². The van der Waals surface area contributed by atoms with E-state index in [0.29, 0.717) is 16.4 Å². The molecule has 0 aliphatic carbocycles. The number of halogens is 1. The Morgan fingerprint density at radius 2 is 1.83 bits per heavy atom. The van der Waals surface area contributed by atoms with Crippen LogP contribution in [0.25, 0.3) is 5.69 Å². The van der Waals surface area contributed by atoms with Crippen LogP contribution in [0, 0.1) is 13.8 Å². The first-order valence-electron chi connectivity index (χ1n) is 8.72. The number of nitrogens with one attached hydrogen (secondary N) is 1. The van der Waals surface area contributed by atoms with Crippen LogP contribution in [-0.2, 0) is 16.6 Å². The molecular weight excluding hydrogens is 396 g/mol. The summed E-state index contributed by atoms with van der Waals surface area (Å²) in [4.78, 5) is 36.0. The second kappa shape index (κ2) is 8.32. The van der Waals surface area contributed by atoms with Gasteiger partial charge in [-0.1, -0.05) is 11.6 Å². The third-order valence-corrected chi connectivity index (χ3v) is 4.86. The van der Waals surface area contributed by atoms with Gasteiger partial charge in [-0.05, 0) is 50.2 Å². The fourth-order valence-electron chi connectivity index (χ4n) is 2.75. The van der Waals surface area contributed by atoms with E-state index in [2.05, 4.69) is 10.4 Å². The topological polar surface area (TPSA) is 95.2 Å². The van der Waals surface area contributed by atoms with Gasteiger partial charge in [0.2, 0.25) is 0 Å². The molecule has 0 aliphatic heterocycles. The highest BCUT2D eigenvalue weighted by Crippen LogP contribution is 2.22. The fraction of sp³-hybridized carbons (Fsp3) is 0.200. The summed E-state index contributed by atoms with van der Waals surface area (Å²) in [5.41, 5.74) is 2.83. The average molecular weight is 415 g/mol. The van der Waals surface area contributed by atoms with Gasteiger partial charge in [0.05, 0.1) is 27.7 Å². The van der Waals surface area contributed by atoms with Crippen molar-refractivity contribution in [3.05, 3.63) is 70.3 Å².